The van der Waals surface area contributed by atoms with Crippen LogP contribution >= 0.6 is 11.3 Å². The van der Waals surface area contributed by atoms with Gasteiger partial charge in [-0.2, -0.15) is 0 Å². The van der Waals surface area contributed by atoms with Gasteiger partial charge in [0.25, 0.3) is 5.56 Å². The minimum Gasteiger partial charge on any atom is -0.370 e. The van der Waals surface area contributed by atoms with Gasteiger partial charge in [-0.3, -0.25) is 14.2 Å². The molecular formula is C19H26N4O2S. The van der Waals surface area contributed by atoms with E-state index in [-0.39, 0.29) is 17.5 Å². The number of nitrogens with zero attached hydrogens (tertiary/aromatic N) is 3. The Kier molecular flexibility index (Phi) is 4.84. The highest BCUT2D eigenvalue weighted by molar-refractivity contribution is 7.18. The molecule has 1 fully saturated rings. The first-order valence-corrected chi connectivity index (χ1v) is 10.4. The summed E-state index contributed by atoms with van der Waals surface area (Å²) >= 11 is 1.71. The maximum Gasteiger partial charge on any atom is 0.262 e. The van der Waals surface area contributed by atoms with E-state index in [2.05, 4.69) is 16.8 Å². The van der Waals surface area contributed by atoms with Crippen LogP contribution < -0.4 is 11.3 Å². The molecule has 2 N–H and O–H groups in total. The number of aromatic nitrogens is 2. The second-order valence-electron chi connectivity index (χ2n) is 7.78. The zero-order chi connectivity index (χ0) is 18.3. The Bertz CT molecular complexity index is 880. The monoisotopic (exact) mass is 374 g/mol. The van der Waals surface area contributed by atoms with E-state index >= 15 is 0 Å². The number of nitrogens with two attached hydrogens (primary N) is 1. The van der Waals surface area contributed by atoms with Crippen molar-refractivity contribution in [2.45, 2.75) is 51.5 Å². The highest BCUT2D eigenvalue weighted by atomic mass is 32.1. The molecule has 2 aromatic rings. The summed E-state index contributed by atoms with van der Waals surface area (Å²) in [6.45, 7) is 4.78. The fraction of sp³-hybridized carbons (Fsp3) is 0.632. The molecule has 3 heterocycles. The first-order chi connectivity index (χ1) is 12.5. The van der Waals surface area contributed by atoms with Crippen molar-refractivity contribution in [1.29, 1.82) is 0 Å². The largest absolute Gasteiger partial charge is 0.370 e. The Labute approximate surface area is 157 Å². The van der Waals surface area contributed by atoms with Gasteiger partial charge in [-0.25, -0.2) is 4.98 Å². The third-order valence-electron chi connectivity index (χ3n) is 5.87. The number of carbonyl (C=O) groups excluding carboxylic acids is 1. The summed E-state index contributed by atoms with van der Waals surface area (Å²) in [6.07, 6.45) is 7.21. The lowest BCUT2D eigenvalue weighted by atomic mass is 9.89. The van der Waals surface area contributed by atoms with Crippen LogP contribution in [0.4, 0.5) is 0 Å². The third kappa shape index (κ3) is 3.30. The number of fused-ring (bicyclic) bond motifs is 3. The van der Waals surface area contributed by atoms with Crippen LogP contribution in [0.3, 0.4) is 0 Å². The number of aryl methyl sites for hydroxylation is 1. The molecule has 6 nitrogen and oxygen atoms in total. The molecule has 0 aromatic carbocycles. The number of thiophene rings is 1. The SMILES string of the molecule is CC1CCc2c(sc3ncn(C4CCN(CCC(N)=O)CC4)c(=O)c23)C1. The molecule has 4 rings (SSSR count). The molecule has 0 bridgehead atoms. The molecule has 0 saturated carbocycles. The van der Waals surface area contributed by atoms with Crippen molar-refractivity contribution in [3.05, 3.63) is 27.1 Å². The van der Waals surface area contributed by atoms with E-state index in [9.17, 15) is 9.59 Å². The molecule has 0 radical (unpaired) electrons. The number of rotatable bonds is 4. The predicted molar refractivity (Wildman–Crippen MR) is 104 cm³/mol. The maximum atomic E-state index is 13.2. The predicted octanol–water partition coefficient (Wildman–Crippen LogP) is 2.10. The van der Waals surface area contributed by atoms with Gasteiger partial charge in [0.15, 0.2) is 0 Å². The van der Waals surface area contributed by atoms with E-state index in [4.69, 9.17) is 5.73 Å². The van der Waals surface area contributed by atoms with Crippen molar-refractivity contribution in [3.8, 4) is 0 Å². The maximum absolute atomic E-state index is 13.2. The van der Waals surface area contributed by atoms with Crippen LogP contribution in [-0.4, -0.2) is 40.0 Å². The lowest BCUT2D eigenvalue weighted by Crippen LogP contribution is -2.39. The lowest BCUT2D eigenvalue weighted by Gasteiger charge is -2.32. The molecular weight excluding hydrogens is 348 g/mol. The summed E-state index contributed by atoms with van der Waals surface area (Å²) in [5, 5.41) is 0.871. The Balaban J connectivity index is 1.56. The highest BCUT2D eigenvalue weighted by Crippen LogP contribution is 2.36. The summed E-state index contributed by atoms with van der Waals surface area (Å²) in [5.74, 6) is 0.442. The van der Waals surface area contributed by atoms with Gasteiger partial charge >= 0.3 is 0 Å². The first-order valence-electron chi connectivity index (χ1n) is 9.55. The molecule has 0 spiro atoms. The molecule has 1 atom stereocenters. The van der Waals surface area contributed by atoms with Gasteiger partial charge in [-0.05, 0) is 43.6 Å². The molecule has 1 unspecified atom stereocenters. The van der Waals surface area contributed by atoms with Crippen molar-refractivity contribution in [1.82, 2.24) is 14.5 Å². The van der Waals surface area contributed by atoms with Crippen LogP contribution in [0.1, 0.15) is 49.1 Å². The number of likely N-dealkylation sites (tertiary alicyclic amines) is 1. The number of amides is 1. The van der Waals surface area contributed by atoms with E-state index in [1.165, 1.54) is 10.4 Å². The number of piperidine rings is 1. The zero-order valence-electron chi connectivity index (χ0n) is 15.2. The van der Waals surface area contributed by atoms with Crippen molar-refractivity contribution < 1.29 is 4.79 Å². The van der Waals surface area contributed by atoms with Gasteiger partial charge in [0.05, 0.1) is 11.7 Å². The zero-order valence-corrected chi connectivity index (χ0v) is 16.1. The van der Waals surface area contributed by atoms with E-state index in [1.54, 1.807) is 17.7 Å². The Morgan fingerprint density at radius 1 is 1.35 bits per heavy atom. The second kappa shape index (κ2) is 7.12. The van der Waals surface area contributed by atoms with Crippen LogP contribution in [0.25, 0.3) is 10.2 Å². The van der Waals surface area contributed by atoms with Crippen molar-refractivity contribution >= 4 is 27.5 Å². The van der Waals surface area contributed by atoms with Gasteiger partial charge in [0.1, 0.15) is 4.83 Å². The van der Waals surface area contributed by atoms with Gasteiger partial charge in [-0.1, -0.05) is 6.92 Å². The average Bonchev–Trinajstić information content (AvgIpc) is 2.99. The topological polar surface area (TPSA) is 81.2 Å². The van der Waals surface area contributed by atoms with Gasteiger partial charge in [-0.15, -0.1) is 11.3 Å². The summed E-state index contributed by atoms with van der Waals surface area (Å²) in [5.41, 5.74) is 6.63. The van der Waals surface area contributed by atoms with Crippen LogP contribution in [-0.2, 0) is 17.6 Å². The molecule has 1 aliphatic heterocycles. The normalized spacial score (nSPS) is 21.8. The molecule has 1 aliphatic carbocycles. The fourth-order valence-electron chi connectivity index (χ4n) is 4.29. The van der Waals surface area contributed by atoms with E-state index < -0.39 is 0 Å². The van der Waals surface area contributed by atoms with Crippen molar-refractivity contribution in [2.75, 3.05) is 19.6 Å². The van der Waals surface area contributed by atoms with Crippen LogP contribution in [0.15, 0.2) is 11.1 Å². The second-order valence-corrected chi connectivity index (χ2v) is 8.86. The molecule has 7 heteroatoms. The van der Waals surface area contributed by atoms with E-state index in [1.807, 2.05) is 4.57 Å². The number of carbonyl (C=O) groups is 1. The van der Waals surface area contributed by atoms with E-state index in [0.29, 0.717) is 18.9 Å². The highest BCUT2D eigenvalue weighted by Gasteiger charge is 2.26. The number of primary amides is 1. The Hall–Kier alpha value is -1.73. The van der Waals surface area contributed by atoms with Crippen molar-refractivity contribution in [3.63, 3.8) is 0 Å². The van der Waals surface area contributed by atoms with Gasteiger partial charge in [0.2, 0.25) is 5.91 Å². The summed E-state index contributed by atoms with van der Waals surface area (Å²) in [6, 6.07) is 0.197. The van der Waals surface area contributed by atoms with Crippen LogP contribution in [0.5, 0.6) is 0 Å². The van der Waals surface area contributed by atoms with Crippen molar-refractivity contribution in [2.24, 2.45) is 11.7 Å². The van der Waals surface area contributed by atoms with Gasteiger partial charge < -0.3 is 10.6 Å². The molecule has 26 heavy (non-hydrogen) atoms. The number of hydrogen-bond donors (Lipinski definition) is 1. The molecule has 2 aromatic heterocycles. The third-order valence-corrected chi connectivity index (χ3v) is 7.03. The minimum atomic E-state index is -0.255. The average molecular weight is 375 g/mol. The fourth-order valence-corrected chi connectivity index (χ4v) is 5.63. The van der Waals surface area contributed by atoms with E-state index in [0.717, 1.165) is 55.4 Å². The number of hydrogen-bond acceptors (Lipinski definition) is 5. The van der Waals surface area contributed by atoms with Gasteiger partial charge in [0, 0.05) is 37.0 Å². The lowest BCUT2D eigenvalue weighted by molar-refractivity contribution is -0.118. The summed E-state index contributed by atoms with van der Waals surface area (Å²) in [7, 11) is 0. The molecule has 2 aliphatic rings. The quantitative estimate of drug-likeness (QED) is 0.888. The molecule has 140 valence electrons. The van der Waals surface area contributed by atoms with Crippen LogP contribution in [0.2, 0.25) is 0 Å². The minimum absolute atomic E-state index is 0.137. The Morgan fingerprint density at radius 2 is 2.12 bits per heavy atom. The molecule has 1 saturated heterocycles. The van der Waals surface area contributed by atoms with Crippen LogP contribution in [0, 0.1) is 5.92 Å². The smallest absolute Gasteiger partial charge is 0.262 e. The Morgan fingerprint density at radius 3 is 2.85 bits per heavy atom. The summed E-state index contributed by atoms with van der Waals surface area (Å²) in [4.78, 5) is 33.3. The standard InChI is InChI=1S/C19H26N4O2S/c1-12-2-3-14-15(10-12)26-18-17(14)19(25)23(11-21-18)13-4-7-22(8-5-13)9-6-16(20)24/h11-13H,2-10H2,1H3,(H2,20,24). The molecule has 1 amide bonds. The summed E-state index contributed by atoms with van der Waals surface area (Å²) < 4.78 is 1.86. The first kappa shape index (κ1) is 17.7.